The zero-order valence-corrected chi connectivity index (χ0v) is 22.1. The van der Waals surface area contributed by atoms with E-state index in [1.165, 1.54) is 7.11 Å². The number of hydrogen-bond donors (Lipinski definition) is 1. The van der Waals surface area contributed by atoms with Crippen LogP contribution in [0.3, 0.4) is 0 Å². The van der Waals surface area contributed by atoms with Gasteiger partial charge in [-0.15, -0.1) is 0 Å². The lowest BCUT2D eigenvalue weighted by atomic mass is 10.2. The van der Waals surface area contributed by atoms with E-state index in [0.717, 1.165) is 16.9 Å². The molecule has 0 aliphatic carbocycles. The number of phosphoric acid groups is 1. The van der Waals surface area contributed by atoms with Crippen LogP contribution in [0.25, 0.3) is 0 Å². The van der Waals surface area contributed by atoms with E-state index >= 15 is 0 Å². The minimum Gasteiger partial charge on any atom is -0.598 e. The summed E-state index contributed by atoms with van der Waals surface area (Å²) in [7, 11) is -2.89. The molecule has 0 aliphatic rings. The van der Waals surface area contributed by atoms with Gasteiger partial charge in [-0.25, -0.2) is 0 Å². The maximum Gasteiger partial charge on any atom is 0.426 e. The zero-order chi connectivity index (χ0) is 25.9. The highest BCUT2D eigenvalue weighted by Crippen LogP contribution is 2.47. The summed E-state index contributed by atoms with van der Waals surface area (Å²) in [5, 5.41) is 1.97. The number of hydrogen-bond acceptors (Lipinski definition) is 8. The summed E-state index contributed by atoms with van der Waals surface area (Å²) in [5.41, 5.74) is 4.00. The highest BCUT2D eigenvalue weighted by atomic mass is 32.1. The van der Waals surface area contributed by atoms with Crippen molar-refractivity contribution in [3.05, 3.63) is 107 Å². The molecule has 2 atom stereocenters. The van der Waals surface area contributed by atoms with Gasteiger partial charge in [0.2, 0.25) is 5.51 Å². The summed E-state index contributed by atoms with van der Waals surface area (Å²) >= 11 is 1.59. The molecule has 3 aromatic carbocycles. The van der Waals surface area contributed by atoms with Crippen LogP contribution in [0.1, 0.15) is 11.1 Å². The Balaban J connectivity index is 1.22. The molecule has 1 unspecified atom stereocenters. The van der Waals surface area contributed by atoms with Gasteiger partial charge in [-0.2, -0.15) is 14.0 Å². The van der Waals surface area contributed by atoms with Crippen LogP contribution in [0.2, 0.25) is 0 Å². The molecule has 4 rings (SSSR count). The van der Waals surface area contributed by atoms with Gasteiger partial charge in [0.05, 0.1) is 5.38 Å². The fraction of sp³-hybridized carbons (Fsp3) is 0.222. The first kappa shape index (κ1) is 27.0. The SMILES string of the molecule is CO[C@H](COc1ccc(OCc2ccccc2)cc1)CO[P+]([O-])(O)Oc1cccc(C[n+]2ccsc2)c1. The molecule has 0 fully saturated rings. The van der Waals surface area contributed by atoms with Crippen molar-refractivity contribution in [2.45, 2.75) is 19.3 Å². The summed E-state index contributed by atoms with van der Waals surface area (Å²) in [4.78, 5) is 22.7. The Bertz CT molecular complexity index is 1210. The number of nitrogens with zero attached hydrogens (tertiary/aromatic N) is 1. The average molecular weight is 543 g/mol. The van der Waals surface area contributed by atoms with Crippen molar-refractivity contribution in [2.24, 2.45) is 0 Å². The second kappa shape index (κ2) is 13.5. The van der Waals surface area contributed by atoms with E-state index in [2.05, 4.69) is 0 Å². The molecule has 0 saturated carbocycles. The minimum atomic E-state index is -4.36. The number of ether oxygens (including phenoxy) is 3. The highest BCUT2D eigenvalue weighted by Gasteiger charge is 2.31. The van der Waals surface area contributed by atoms with E-state index in [4.69, 9.17) is 23.3 Å². The molecule has 0 aliphatic heterocycles. The first-order chi connectivity index (χ1) is 18.0. The van der Waals surface area contributed by atoms with Crippen molar-refractivity contribution in [3.63, 3.8) is 0 Å². The largest absolute Gasteiger partial charge is 0.598 e. The van der Waals surface area contributed by atoms with Crippen LogP contribution < -0.4 is 23.5 Å². The topological polar surface area (TPSA) is 93.3 Å². The van der Waals surface area contributed by atoms with Crippen LogP contribution in [0.4, 0.5) is 0 Å². The average Bonchev–Trinajstić information content (AvgIpc) is 3.42. The van der Waals surface area contributed by atoms with Crippen molar-refractivity contribution >= 4 is 19.5 Å². The fourth-order valence-electron chi connectivity index (χ4n) is 3.35. The monoisotopic (exact) mass is 542 g/mol. The normalized spacial score (nSPS) is 13.5. The Morgan fingerprint density at radius 3 is 2.32 bits per heavy atom. The summed E-state index contributed by atoms with van der Waals surface area (Å²) in [5.74, 6) is 1.58. The first-order valence-corrected chi connectivity index (χ1v) is 14.0. The predicted octanol–water partition coefficient (Wildman–Crippen LogP) is 4.18. The molecule has 4 aromatic rings. The second-order valence-corrected chi connectivity index (χ2v) is 10.2. The Labute approximate surface area is 220 Å². The Kier molecular flexibility index (Phi) is 9.85. The highest BCUT2D eigenvalue weighted by molar-refractivity contribution is 7.53. The van der Waals surface area contributed by atoms with Gasteiger partial charge in [0.25, 0.3) is 0 Å². The smallest absolute Gasteiger partial charge is 0.426 e. The van der Waals surface area contributed by atoms with Crippen LogP contribution in [-0.4, -0.2) is 31.3 Å². The molecule has 0 bridgehead atoms. The van der Waals surface area contributed by atoms with E-state index in [0.29, 0.717) is 18.9 Å². The third-order valence-electron chi connectivity index (χ3n) is 5.28. The number of thiazole rings is 1. The summed E-state index contributed by atoms with van der Waals surface area (Å²) in [6.45, 7) is 1.03. The molecule has 10 heteroatoms. The second-order valence-electron chi connectivity index (χ2n) is 8.12. The molecule has 1 aromatic heterocycles. The van der Waals surface area contributed by atoms with Gasteiger partial charge < -0.3 is 19.1 Å². The van der Waals surface area contributed by atoms with Crippen LogP contribution >= 0.6 is 19.5 Å². The fourth-order valence-corrected chi connectivity index (χ4v) is 4.73. The van der Waals surface area contributed by atoms with Crippen molar-refractivity contribution < 1.29 is 37.6 Å². The quantitative estimate of drug-likeness (QED) is 0.189. The molecule has 0 radical (unpaired) electrons. The third-order valence-corrected chi connectivity index (χ3v) is 6.86. The van der Waals surface area contributed by atoms with Gasteiger partial charge >= 0.3 is 8.17 Å². The number of methoxy groups -OCH3 is 1. The molecule has 194 valence electrons. The van der Waals surface area contributed by atoms with Gasteiger partial charge in [-0.1, -0.05) is 53.8 Å². The van der Waals surface area contributed by atoms with E-state index in [-0.39, 0.29) is 19.0 Å². The summed E-state index contributed by atoms with van der Waals surface area (Å²) in [6.07, 6.45) is 1.37. The lowest BCUT2D eigenvalue weighted by Crippen LogP contribution is -2.30. The van der Waals surface area contributed by atoms with Crippen LogP contribution in [0.5, 0.6) is 17.2 Å². The van der Waals surface area contributed by atoms with Crippen LogP contribution in [0, 0.1) is 0 Å². The molecule has 37 heavy (non-hydrogen) atoms. The lowest BCUT2D eigenvalue weighted by molar-refractivity contribution is -0.683. The standard InChI is InChI=1S/C27H28NO7PS/c1-31-27(19-33-25-12-10-24(11-13-25)32-18-22-6-3-2-4-7-22)20-34-36(29,30)35-26-9-5-8-23(16-26)17-28-14-15-37-21-28/h2-16,21,27H,17-20H2,1H3/p+1/t27-/m1/s1. The van der Waals surface area contributed by atoms with Crippen LogP contribution in [-0.2, 0) is 22.4 Å². The Morgan fingerprint density at radius 1 is 0.892 bits per heavy atom. The number of aromatic nitrogens is 1. The predicted molar refractivity (Wildman–Crippen MR) is 139 cm³/mol. The molecule has 0 amide bonds. The van der Waals surface area contributed by atoms with Gasteiger partial charge in [0.1, 0.15) is 37.4 Å². The van der Waals surface area contributed by atoms with Gasteiger partial charge in [-0.05, 0) is 42.0 Å². The molecule has 1 heterocycles. The number of rotatable bonds is 14. The number of phosphoric ester groups is 1. The Hall–Kier alpha value is -3.04. The van der Waals surface area contributed by atoms with Crippen molar-refractivity contribution in [1.82, 2.24) is 0 Å². The van der Waals surface area contributed by atoms with E-state index in [1.807, 2.05) is 70.2 Å². The van der Waals surface area contributed by atoms with Crippen molar-refractivity contribution in [3.8, 4) is 17.2 Å². The molecular formula is C27H29NO7PS+. The minimum absolute atomic E-state index is 0.119. The summed E-state index contributed by atoms with van der Waals surface area (Å²) < 4.78 is 29.3. The van der Waals surface area contributed by atoms with Gasteiger partial charge in [0, 0.05) is 12.7 Å². The molecule has 0 spiro atoms. The lowest BCUT2D eigenvalue weighted by Gasteiger charge is -2.22. The van der Waals surface area contributed by atoms with Crippen molar-refractivity contribution in [1.29, 1.82) is 0 Å². The summed E-state index contributed by atoms with van der Waals surface area (Å²) in [6, 6.07) is 24.1. The van der Waals surface area contributed by atoms with Crippen molar-refractivity contribution in [2.75, 3.05) is 20.3 Å². The molecule has 1 N–H and O–H groups in total. The van der Waals surface area contributed by atoms with Gasteiger partial charge in [-0.3, -0.25) is 4.52 Å². The Morgan fingerprint density at radius 2 is 1.62 bits per heavy atom. The van der Waals surface area contributed by atoms with E-state index in [1.54, 1.807) is 41.7 Å². The van der Waals surface area contributed by atoms with E-state index in [9.17, 15) is 9.79 Å². The molecular weight excluding hydrogens is 513 g/mol. The molecule has 0 saturated heterocycles. The van der Waals surface area contributed by atoms with E-state index < -0.39 is 14.3 Å². The third kappa shape index (κ3) is 9.09. The van der Waals surface area contributed by atoms with Gasteiger partial charge in [0.15, 0.2) is 18.5 Å². The van der Waals surface area contributed by atoms with Crippen LogP contribution in [0.15, 0.2) is 96.0 Å². The molecule has 8 nitrogen and oxygen atoms in total. The maximum absolute atomic E-state index is 12.5. The maximum atomic E-state index is 12.5. The zero-order valence-electron chi connectivity index (χ0n) is 20.3. The first-order valence-electron chi connectivity index (χ1n) is 11.6. The number of benzene rings is 3.